The van der Waals surface area contributed by atoms with Gasteiger partial charge in [-0.15, -0.1) is 0 Å². The minimum atomic E-state index is -0.0885. The first kappa shape index (κ1) is 8.88. The van der Waals surface area contributed by atoms with E-state index in [1.807, 2.05) is 32.8 Å². The lowest BCUT2D eigenvalue weighted by Crippen LogP contribution is -2.42. The van der Waals surface area contributed by atoms with Gasteiger partial charge in [-0.1, -0.05) is 0 Å². The van der Waals surface area contributed by atoms with Gasteiger partial charge < -0.3 is 4.90 Å². The molecule has 0 atom stereocenters. The summed E-state index contributed by atoms with van der Waals surface area (Å²) in [6.07, 6.45) is 0. The molecule has 0 aliphatic rings. The Labute approximate surface area is 56.2 Å². The molecule has 0 amide bonds. The van der Waals surface area contributed by atoms with Crippen molar-refractivity contribution in [2.75, 3.05) is 20.7 Å². The maximum Gasteiger partial charge on any atom is 0.0997 e. The van der Waals surface area contributed by atoms with E-state index in [2.05, 4.69) is 4.89 Å². The molecule has 0 saturated heterocycles. The van der Waals surface area contributed by atoms with Crippen LogP contribution in [0.15, 0.2) is 0 Å². The molecular weight excluding hydrogens is 118 g/mol. The Morgan fingerprint density at radius 3 is 2.00 bits per heavy atom. The van der Waals surface area contributed by atoms with Crippen LogP contribution in [0.4, 0.5) is 0 Å². The first-order chi connectivity index (χ1) is 4.00. The molecule has 0 aromatic carbocycles. The summed E-state index contributed by atoms with van der Waals surface area (Å²) in [6, 6.07) is 0. The van der Waals surface area contributed by atoms with Crippen LogP contribution in [0, 0.1) is 0 Å². The average Bonchev–Trinajstić information content (AvgIpc) is 1.65. The third kappa shape index (κ3) is 2.79. The van der Waals surface area contributed by atoms with Gasteiger partial charge in [-0.05, 0) is 27.9 Å². The molecule has 0 radical (unpaired) electrons. The van der Waals surface area contributed by atoms with Crippen LogP contribution in [0.2, 0.25) is 0 Å². The van der Waals surface area contributed by atoms with Crippen LogP contribution < -0.4 is 0 Å². The third-order valence-electron chi connectivity index (χ3n) is 1.63. The fourth-order valence-electron chi connectivity index (χ4n) is 0.287. The fourth-order valence-corrected chi connectivity index (χ4v) is 0.287. The van der Waals surface area contributed by atoms with Gasteiger partial charge in [-0.2, -0.15) is 0 Å². The number of nitrogens with zero attached hydrogens (tertiary/aromatic N) is 1. The summed E-state index contributed by atoms with van der Waals surface area (Å²) in [4.78, 5) is 6.02. The molecule has 0 saturated carbocycles. The molecule has 0 aromatic rings. The number of likely N-dealkylation sites (N-methyl/N-ethyl adjacent to an activating group) is 1. The molecule has 56 valence electrons. The predicted molar refractivity (Wildman–Crippen MR) is 36.3 cm³/mol. The summed E-state index contributed by atoms with van der Waals surface area (Å²) < 4.78 is 0. The van der Waals surface area contributed by atoms with E-state index >= 15 is 0 Å². The molecule has 0 bridgehead atoms. The maximum absolute atomic E-state index is 8.12. The van der Waals surface area contributed by atoms with E-state index in [1.165, 1.54) is 0 Å². The van der Waals surface area contributed by atoms with Gasteiger partial charge in [0.2, 0.25) is 0 Å². The molecule has 0 rings (SSSR count). The Balaban J connectivity index is 3.70. The summed E-state index contributed by atoms with van der Waals surface area (Å²) >= 11 is 0. The zero-order valence-electron chi connectivity index (χ0n) is 6.51. The molecule has 1 N–H and O–H groups in total. The fraction of sp³-hybridized carbons (Fsp3) is 1.00. The lowest BCUT2D eigenvalue weighted by atomic mass is 10.1. The molecule has 0 aliphatic carbocycles. The van der Waals surface area contributed by atoms with Crippen LogP contribution in [0.5, 0.6) is 0 Å². The van der Waals surface area contributed by atoms with E-state index in [1.54, 1.807) is 0 Å². The number of hydrogen-bond donors (Lipinski definition) is 1. The van der Waals surface area contributed by atoms with Gasteiger partial charge in [-0.25, -0.2) is 4.89 Å². The Hall–Kier alpha value is -0.120. The Kier molecular flexibility index (Phi) is 3.11. The second kappa shape index (κ2) is 3.15. The zero-order valence-corrected chi connectivity index (χ0v) is 6.51. The lowest BCUT2D eigenvalue weighted by molar-refractivity contribution is -0.259. The van der Waals surface area contributed by atoms with Crippen molar-refractivity contribution >= 4 is 0 Å². The second-order valence-electron chi connectivity index (χ2n) is 2.98. The van der Waals surface area contributed by atoms with Gasteiger partial charge in [0.05, 0.1) is 6.61 Å². The molecule has 0 unspecified atom stereocenters. The molecule has 0 heterocycles. The summed E-state index contributed by atoms with van der Waals surface area (Å²) in [6.45, 7) is 4.31. The highest BCUT2D eigenvalue weighted by Gasteiger charge is 2.20. The van der Waals surface area contributed by atoms with Crippen LogP contribution in [0.3, 0.4) is 0 Å². The van der Waals surface area contributed by atoms with E-state index in [9.17, 15) is 0 Å². The minimum absolute atomic E-state index is 0.0885. The summed E-state index contributed by atoms with van der Waals surface area (Å²) in [7, 11) is 3.89. The van der Waals surface area contributed by atoms with Crippen LogP contribution >= 0.6 is 0 Å². The van der Waals surface area contributed by atoms with Gasteiger partial charge in [0, 0.05) is 5.54 Å². The predicted octanol–water partition coefficient (Wildman–Crippen LogP) is 0.816. The van der Waals surface area contributed by atoms with Gasteiger partial charge >= 0.3 is 0 Å². The number of rotatable bonds is 3. The molecule has 0 spiro atoms. The highest BCUT2D eigenvalue weighted by atomic mass is 17.1. The largest absolute Gasteiger partial charge is 0.302 e. The molecule has 3 nitrogen and oxygen atoms in total. The average molecular weight is 133 g/mol. The van der Waals surface area contributed by atoms with Crippen molar-refractivity contribution in [3.05, 3.63) is 0 Å². The topological polar surface area (TPSA) is 32.7 Å². The normalized spacial score (nSPS) is 12.7. The molecular formula is C6H15NO2. The van der Waals surface area contributed by atoms with E-state index in [-0.39, 0.29) is 5.54 Å². The van der Waals surface area contributed by atoms with Crippen molar-refractivity contribution in [2.24, 2.45) is 0 Å². The lowest BCUT2D eigenvalue weighted by Gasteiger charge is -2.30. The Morgan fingerprint density at radius 1 is 1.44 bits per heavy atom. The SMILES string of the molecule is CN(C)C(C)(C)COO. The smallest absolute Gasteiger partial charge is 0.0997 e. The van der Waals surface area contributed by atoms with Crippen LogP contribution in [-0.2, 0) is 4.89 Å². The van der Waals surface area contributed by atoms with E-state index in [4.69, 9.17) is 5.26 Å². The first-order valence-corrected chi connectivity index (χ1v) is 2.94. The van der Waals surface area contributed by atoms with E-state index in [0.717, 1.165) is 0 Å². The van der Waals surface area contributed by atoms with Crippen molar-refractivity contribution in [3.63, 3.8) is 0 Å². The highest BCUT2D eigenvalue weighted by Crippen LogP contribution is 2.08. The molecule has 0 aromatic heterocycles. The second-order valence-corrected chi connectivity index (χ2v) is 2.98. The number of hydrogen-bond acceptors (Lipinski definition) is 3. The van der Waals surface area contributed by atoms with Crippen LogP contribution in [-0.4, -0.2) is 36.4 Å². The van der Waals surface area contributed by atoms with Gasteiger partial charge in [0.1, 0.15) is 0 Å². The van der Waals surface area contributed by atoms with Crippen LogP contribution in [0.25, 0.3) is 0 Å². The van der Waals surface area contributed by atoms with Gasteiger partial charge in [0.25, 0.3) is 0 Å². The summed E-state index contributed by atoms with van der Waals surface area (Å²) in [5.74, 6) is 0. The van der Waals surface area contributed by atoms with E-state index < -0.39 is 0 Å². The van der Waals surface area contributed by atoms with Crippen LogP contribution in [0.1, 0.15) is 13.8 Å². The Bertz CT molecular complexity index is 81.1. The van der Waals surface area contributed by atoms with Gasteiger partial charge in [0.15, 0.2) is 0 Å². The quantitative estimate of drug-likeness (QED) is 0.457. The molecule has 0 fully saturated rings. The summed E-state index contributed by atoms with van der Waals surface area (Å²) in [5.41, 5.74) is -0.0885. The maximum atomic E-state index is 8.12. The minimum Gasteiger partial charge on any atom is -0.302 e. The van der Waals surface area contributed by atoms with Crippen molar-refractivity contribution in [2.45, 2.75) is 19.4 Å². The zero-order chi connectivity index (χ0) is 7.49. The van der Waals surface area contributed by atoms with Gasteiger partial charge in [-0.3, -0.25) is 5.26 Å². The van der Waals surface area contributed by atoms with Crippen molar-refractivity contribution in [1.29, 1.82) is 0 Å². The molecule has 9 heavy (non-hydrogen) atoms. The standard InChI is InChI=1S/C6H15NO2/c1-6(2,5-9-8)7(3)4/h8H,5H2,1-4H3. The molecule has 0 aliphatic heterocycles. The summed E-state index contributed by atoms with van der Waals surface area (Å²) in [5, 5.41) is 8.12. The third-order valence-corrected chi connectivity index (χ3v) is 1.63. The van der Waals surface area contributed by atoms with Crippen molar-refractivity contribution in [1.82, 2.24) is 4.90 Å². The Morgan fingerprint density at radius 2 is 1.89 bits per heavy atom. The highest BCUT2D eigenvalue weighted by molar-refractivity contribution is 4.74. The molecule has 3 heteroatoms. The van der Waals surface area contributed by atoms with E-state index in [0.29, 0.717) is 6.61 Å². The first-order valence-electron chi connectivity index (χ1n) is 2.94. The van der Waals surface area contributed by atoms with Crippen molar-refractivity contribution in [3.8, 4) is 0 Å². The monoisotopic (exact) mass is 133 g/mol. The van der Waals surface area contributed by atoms with Crippen molar-refractivity contribution < 1.29 is 10.1 Å².